The molecular formula is C20H23N3O4S. The van der Waals surface area contributed by atoms with E-state index in [0.29, 0.717) is 42.3 Å². The van der Waals surface area contributed by atoms with Crippen LogP contribution in [-0.4, -0.2) is 37.3 Å². The van der Waals surface area contributed by atoms with Gasteiger partial charge in [0, 0.05) is 24.9 Å². The third-order valence-electron chi connectivity index (χ3n) is 3.65. The van der Waals surface area contributed by atoms with E-state index in [1.165, 1.54) is 0 Å². The third-order valence-corrected chi connectivity index (χ3v) is 3.86. The van der Waals surface area contributed by atoms with E-state index >= 15 is 0 Å². The highest BCUT2D eigenvalue weighted by Gasteiger charge is 2.13. The van der Waals surface area contributed by atoms with Gasteiger partial charge in [-0.05, 0) is 48.6 Å². The standard InChI is InChI=1S/C20H23N3O4S/c1-3-18(24)21-14-8-10-15(11-9-14)22-20(28)23-19(25)16-6-4-5-7-17(16)27-13-12-26-2/h4-11H,3,12-13H2,1-2H3,(H,21,24)(H2,22,23,25,28). The number of hydrogen-bond donors (Lipinski definition) is 3. The summed E-state index contributed by atoms with van der Waals surface area (Å²) in [5.41, 5.74) is 1.75. The van der Waals surface area contributed by atoms with Crippen LogP contribution in [0.5, 0.6) is 5.75 Å². The summed E-state index contributed by atoms with van der Waals surface area (Å²) in [7, 11) is 1.58. The molecule has 0 fully saturated rings. The molecule has 8 heteroatoms. The summed E-state index contributed by atoms with van der Waals surface area (Å²) in [5, 5.41) is 8.48. The summed E-state index contributed by atoms with van der Waals surface area (Å²) in [6, 6.07) is 13.9. The average molecular weight is 401 g/mol. The minimum Gasteiger partial charge on any atom is -0.490 e. The van der Waals surface area contributed by atoms with E-state index in [-0.39, 0.29) is 16.9 Å². The number of ether oxygens (including phenoxy) is 2. The lowest BCUT2D eigenvalue weighted by Crippen LogP contribution is -2.34. The molecule has 0 unspecified atom stereocenters. The predicted molar refractivity (Wildman–Crippen MR) is 113 cm³/mol. The Hall–Kier alpha value is -2.97. The van der Waals surface area contributed by atoms with Crippen LogP contribution in [-0.2, 0) is 9.53 Å². The molecule has 148 valence electrons. The van der Waals surface area contributed by atoms with Gasteiger partial charge in [0.05, 0.1) is 12.2 Å². The Bertz CT molecular complexity index is 824. The molecule has 0 aliphatic rings. The van der Waals surface area contributed by atoms with Crippen LogP contribution in [0.15, 0.2) is 48.5 Å². The number of para-hydroxylation sites is 1. The molecule has 0 aliphatic carbocycles. The summed E-state index contributed by atoms with van der Waals surface area (Å²) in [5.74, 6) is 0.0168. The molecule has 0 radical (unpaired) electrons. The van der Waals surface area contributed by atoms with Gasteiger partial charge >= 0.3 is 0 Å². The number of hydrogen-bond acceptors (Lipinski definition) is 5. The SMILES string of the molecule is CCC(=O)Nc1ccc(NC(=S)NC(=O)c2ccccc2OCCOC)cc1. The highest BCUT2D eigenvalue weighted by molar-refractivity contribution is 7.80. The van der Waals surface area contributed by atoms with E-state index in [0.717, 1.165) is 0 Å². The number of anilines is 2. The smallest absolute Gasteiger partial charge is 0.261 e. The van der Waals surface area contributed by atoms with Gasteiger partial charge in [-0.1, -0.05) is 19.1 Å². The molecule has 2 amide bonds. The second-order valence-corrected chi connectivity index (χ2v) is 6.13. The predicted octanol–water partition coefficient (Wildman–Crippen LogP) is 3.19. The molecular weight excluding hydrogens is 378 g/mol. The van der Waals surface area contributed by atoms with E-state index in [4.69, 9.17) is 21.7 Å². The molecule has 2 aromatic rings. The van der Waals surface area contributed by atoms with Gasteiger partial charge in [-0.3, -0.25) is 14.9 Å². The summed E-state index contributed by atoms with van der Waals surface area (Å²) in [4.78, 5) is 23.9. The molecule has 0 saturated heterocycles. The van der Waals surface area contributed by atoms with Crippen LogP contribution in [0.3, 0.4) is 0 Å². The zero-order valence-corrected chi connectivity index (χ0v) is 16.6. The van der Waals surface area contributed by atoms with E-state index in [1.54, 1.807) is 62.6 Å². The fourth-order valence-corrected chi connectivity index (χ4v) is 2.44. The normalized spacial score (nSPS) is 10.1. The summed E-state index contributed by atoms with van der Waals surface area (Å²) in [6.07, 6.45) is 0.410. The molecule has 0 spiro atoms. The van der Waals surface area contributed by atoms with Gasteiger partial charge in [-0.25, -0.2) is 0 Å². The fourth-order valence-electron chi connectivity index (χ4n) is 2.23. The third kappa shape index (κ3) is 6.64. The minimum absolute atomic E-state index is 0.0603. The van der Waals surface area contributed by atoms with Crippen LogP contribution in [0.25, 0.3) is 0 Å². The van der Waals surface area contributed by atoms with Crippen LogP contribution in [0.1, 0.15) is 23.7 Å². The van der Waals surface area contributed by atoms with Crippen molar-refractivity contribution in [1.82, 2.24) is 5.32 Å². The summed E-state index contributed by atoms with van der Waals surface area (Å²) < 4.78 is 10.5. The Labute approximate surface area is 169 Å². The number of carbonyl (C=O) groups is 2. The van der Waals surface area contributed by atoms with Crippen LogP contribution in [0.4, 0.5) is 11.4 Å². The number of amides is 2. The van der Waals surface area contributed by atoms with Crippen molar-refractivity contribution < 1.29 is 19.1 Å². The van der Waals surface area contributed by atoms with Crippen molar-refractivity contribution in [3.05, 3.63) is 54.1 Å². The Morgan fingerprint density at radius 1 is 0.964 bits per heavy atom. The van der Waals surface area contributed by atoms with Gasteiger partial charge in [0.15, 0.2) is 5.11 Å². The van der Waals surface area contributed by atoms with Crippen molar-refractivity contribution in [3.8, 4) is 5.75 Å². The van der Waals surface area contributed by atoms with Crippen molar-refractivity contribution >= 4 is 40.5 Å². The summed E-state index contributed by atoms with van der Waals surface area (Å²) in [6.45, 7) is 2.54. The minimum atomic E-state index is -0.377. The van der Waals surface area contributed by atoms with Gasteiger partial charge in [0.2, 0.25) is 5.91 Å². The number of carbonyl (C=O) groups excluding carboxylic acids is 2. The number of thiocarbonyl (C=S) groups is 1. The number of benzene rings is 2. The van der Waals surface area contributed by atoms with E-state index in [2.05, 4.69) is 16.0 Å². The largest absolute Gasteiger partial charge is 0.490 e. The first-order valence-electron chi connectivity index (χ1n) is 8.76. The maximum Gasteiger partial charge on any atom is 0.261 e. The fraction of sp³-hybridized carbons (Fsp3) is 0.250. The van der Waals surface area contributed by atoms with Gasteiger partial charge in [-0.2, -0.15) is 0 Å². The molecule has 0 aliphatic heterocycles. The van der Waals surface area contributed by atoms with Crippen molar-refractivity contribution in [2.24, 2.45) is 0 Å². The second-order valence-electron chi connectivity index (χ2n) is 5.72. The zero-order valence-electron chi connectivity index (χ0n) is 15.8. The highest BCUT2D eigenvalue weighted by atomic mass is 32.1. The van der Waals surface area contributed by atoms with E-state index < -0.39 is 0 Å². The second kappa shape index (κ2) is 11.0. The maximum atomic E-state index is 12.5. The molecule has 2 aromatic carbocycles. The Balaban J connectivity index is 1.94. The average Bonchev–Trinajstić information content (AvgIpc) is 2.69. The maximum absolute atomic E-state index is 12.5. The molecule has 0 aromatic heterocycles. The van der Waals surface area contributed by atoms with Gasteiger partial charge in [0.1, 0.15) is 12.4 Å². The summed E-state index contributed by atoms with van der Waals surface area (Å²) >= 11 is 5.21. The molecule has 3 N–H and O–H groups in total. The number of rotatable bonds is 8. The van der Waals surface area contributed by atoms with Crippen LogP contribution < -0.4 is 20.7 Å². The van der Waals surface area contributed by atoms with Crippen molar-refractivity contribution in [1.29, 1.82) is 0 Å². The molecule has 7 nitrogen and oxygen atoms in total. The van der Waals surface area contributed by atoms with Crippen molar-refractivity contribution in [2.75, 3.05) is 31.0 Å². The number of nitrogens with one attached hydrogen (secondary N) is 3. The van der Waals surface area contributed by atoms with Crippen LogP contribution in [0.2, 0.25) is 0 Å². The van der Waals surface area contributed by atoms with Crippen LogP contribution in [0, 0.1) is 0 Å². The molecule has 0 atom stereocenters. The Morgan fingerprint density at radius 2 is 1.61 bits per heavy atom. The first-order chi connectivity index (χ1) is 13.5. The number of methoxy groups -OCH3 is 1. The Kier molecular flexibility index (Phi) is 8.38. The van der Waals surface area contributed by atoms with Gasteiger partial charge < -0.3 is 20.1 Å². The van der Waals surface area contributed by atoms with Crippen molar-refractivity contribution in [2.45, 2.75) is 13.3 Å². The first-order valence-corrected chi connectivity index (χ1v) is 9.17. The lowest BCUT2D eigenvalue weighted by Gasteiger charge is -2.13. The van der Waals surface area contributed by atoms with Gasteiger partial charge in [-0.15, -0.1) is 0 Å². The lowest BCUT2D eigenvalue weighted by atomic mass is 10.2. The van der Waals surface area contributed by atoms with E-state index in [9.17, 15) is 9.59 Å². The molecule has 0 heterocycles. The quantitative estimate of drug-likeness (QED) is 0.465. The highest BCUT2D eigenvalue weighted by Crippen LogP contribution is 2.18. The van der Waals surface area contributed by atoms with Crippen LogP contribution >= 0.6 is 12.2 Å². The van der Waals surface area contributed by atoms with Gasteiger partial charge in [0.25, 0.3) is 5.91 Å². The zero-order chi connectivity index (χ0) is 20.4. The van der Waals surface area contributed by atoms with E-state index in [1.807, 2.05) is 0 Å². The topological polar surface area (TPSA) is 88.7 Å². The lowest BCUT2D eigenvalue weighted by molar-refractivity contribution is -0.115. The monoisotopic (exact) mass is 401 g/mol. The first kappa shape index (κ1) is 21.3. The van der Waals surface area contributed by atoms with Crippen molar-refractivity contribution in [3.63, 3.8) is 0 Å². The molecule has 0 bridgehead atoms. The molecule has 2 rings (SSSR count). The Morgan fingerprint density at radius 3 is 2.25 bits per heavy atom. The molecule has 28 heavy (non-hydrogen) atoms. The molecule has 0 saturated carbocycles.